The van der Waals surface area contributed by atoms with Crippen molar-refractivity contribution >= 4 is 11.9 Å². The van der Waals surface area contributed by atoms with E-state index in [0.29, 0.717) is 0 Å². The SMILES string of the molecule is CCOC(=O)C(C(=O)OCC)c1c[nH]c(=O)[nH]1. The smallest absolute Gasteiger partial charge is 0.326 e. The van der Waals surface area contributed by atoms with Gasteiger partial charge >= 0.3 is 17.6 Å². The average molecular weight is 242 g/mol. The first-order valence-electron chi connectivity index (χ1n) is 5.21. The van der Waals surface area contributed by atoms with Crippen molar-refractivity contribution in [2.24, 2.45) is 0 Å². The monoisotopic (exact) mass is 242 g/mol. The zero-order chi connectivity index (χ0) is 12.8. The summed E-state index contributed by atoms with van der Waals surface area (Å²) in [7, 11) is 0. The van der Waals surface area contributed by atoms with E-state index in [-0.39, 0.29) is 18.9 Å². The molecule has 0 unspecified atom stereocenters. The number of aromatic nitrogens is 2. The molecule has 7 heteroatoms. The lowest BCUT2D eigenvalue weighted by Crippen LogP contribution is -2.27. The molecule has 0 aromatic carbocycles. The van der Waals surface area contributed by atoms with Gasteiger partial charge in [-0.2, -0.15) is 0 Å². The van der Waals surface area contributed by atoms with Crippen LogP contribution in [-0.2, 0) is 19.1 Å². The molecule has 1 heterocycles. The first kappa shape index (κ1) is 13.0. The Hall–Kier alpha value is -2.05. The third-order valence-corrected chi connectivity index (χ3v) is 1.97. The summed E-state index contributed by atoms with van der Waals surface area (Å²) in [5.41, 5.74) is -0.370. The molecule has 0 radical (unpaired) electrons. The minimum absolute atomic E-state index is 0.131. The molecular formula is C10H14N2O5. The number of carbonyl (C=O) groups excluding carboxylic acids is 2. The van der Waals surface area contributed by atoms with Crippen LogP contribution in [0.4, 0.5) is 0 Å². The highest BCUT2D eigenvalue weighted by Gasteiger charge is 2.32. The Morgan fingerprint density at radius 2 is 1.76 bits per heavy atom. The van der Waals surface area contributed by atoms with Gasteiger partial charge in [-0.3, -0.25) is 9.59 Å². The van der Waals surface area contributed by atoms with Gasteiger partial charge in [-0.25, -0.2) is 4.79 Å². The van der Waals surface area contributed by atoms with Gasteiger partial charge in [-0.1, -0.05) is 0 Å². The molecule has 0 fully saturated rings. The maximum atomic E-state index is 11.6. The number of carbonyl (C=O) groups is 2. The Labute approximate surface area is 97.1 Å². The molecular weight excluding hydrogens is 228 g/mol. The van der Waals surface area contributed by atoms with Crippen LogP contribution in [0.15, 0.2) is 11.0 Å². The minimum atomic E-state index is -1.26. The highest BCUT2D eigenvalue weighted by Crippen LogP contribution is 2.15. The fraction of sp³-hybridized carbons (Fsp3) is 0.500. The van der Waals surface area contributed by atoms with E-state index < -0.39 is 23.5 Å². The Balaban J connectivity index is 2.97. The second-order valence-corrected chi connectivity index (χ2v) is 3.14. The molecule has 0 saturated heterocycles. The molecule has 0 saturated carbocycles. The quantitative estimate of drug-likeness (QED) is 0.555. The predicted molar refractivity (Wildman–Crippen MR) is 57.4 cm³/mol. The minimum Gasteiger partial charge on any atom is -0.465 e. The van der Waals surface area contributed by atoms with E-state index in [0.717, 1.165) is 0 Å². The van der Waals surface area contributed by atoms with Crippen LogP contribution < -0.4 is 5.69 Å². The first-order valence-corrected chi connectivity index (χ1v) is 5.21. The topological polar surface area (TPSA) is 101 Å². The lowest BCUT2D eigenvalue weighted by molar-refractivity contribution is -0.157. The molecule has 0 atom stereocenters. The summed E-state index contributed by atoms with van der Waals surface area (Å²) in [5, 5.41) is 0. The molecule has 0 spiro atoms. The summed E-state index contributed by atoms with van der Waals surface area (Å²) in [6.07, 6.45) is 1.25. The number of ether oxygens (including phenoxy) is 2. The number of hydrogen-bond acceptors (Lipinski definition) is 5. The molecule has 1 rings (SSSR count). The highest BCUT2D eigenvalue weighted by molar-refractivity contribution is 6.00. The lowest BCUT2D eigenvalue weighted by Gasteiger charge is -2.12. The molecule has 0 bridgehead atoms. The molecule has 94 valence electrons. The Morgan fingerprint density at radius 3 is 2.12 bits per heavy atom. The van der Waals surface area contributed by atoms with E-state index >= 15 is 0 Å². The van der Waals surface area contributed by atoms with Crippen molar-refractivity contribution in [3.05, 3.63) is 22.4 Å². The van der Waals surface area contributed by atoms with Crippen LogP contribution in [0.5, 0.6) is 0 Å². The van der Waals surface area contributed by atoms with E-state index in [2.05, 4.69) is 9.97 Å². The Kier molecular flexibility index (Phi) is 4.50. The van der Waals surface area contributed by atoms with Gasteiger partial charge < -0.3 is 19.4 Å². The molecule has 0 aliphatic rings. The average Bonchev–Trinajstić information content (AvgIpc) is 2.66. The first-order chi connectivity index (χ1) is 8.10. The zero-order valence-electron chi connectivity index (χ0n) is 9.61. The second kappa shape index (κ2) is 5.88. The van der Waals surface area contributed by atoms with Crippen molar-refractivity contribution in [1.82, 2.24) is 9.97 Å². The zero-order valence-corrected chi connectivity index (χ0v) is 9.61. The van der Waals surface area contributed by atoms with Crippen molar-refractivity contribution < 1.29 is 19.1 Å². The fourth-order valence-corrected chi connectivity index (χ4v) is 1.30. The standard InChI is InChI=1S/C10H14N2O5/c1-3-16-8(13)7(9(14)17-4-2)6-5-11-10(15)12-6/h5,7H,3-4H2,1-2H3,(H2,11,12,15). The van der Waals surface area contributed by atoms with Crippen LogP contribution in [0.2, 0.25) is 0 Å². The summed E-state index contributed by atoms with van der Waals surface area (Å²) in [6, 6.07) is 0. The molecule has 1 aromatic heterocycles. The van der Waals surface area contributed by atoms with E-state index in [1.54, 1.807) is 13.8 Å². The van der Waals surface area contributed by atoms with Crippen molar-refractivity contribution in [3.63, 3.8) is 0 Å². The van der Waals surface area contributed by atoms with Crippen LogP contribution in [0.1, 0.15) is 25.5 Å². The van der Waals surface area contributed by atoms with Crippen molar-refractivity contribution in [2.45, 2.75) is 19.8 Å². The molecule has 0 amide bonds. The van der Waals surface area contributed by atoms with Crippen LogP contribution in [-0.4, -0.2) is 35.1 Å². The van der Waals surface area contributed by atoms with Crippen molar-refractivity contribution in [1.29, 1.82) is 0 Å². The van der Waals surface area contributed by atoms with E-state index in [9.17, 15) is 14.4 Å². The van der Waals surface area contributed by atoms with Gasteiger partial charge in [-0.15, -0.1) is 0 Å². The van der Waals surface area contributed by atoms with Crippen LogP contribution >= 0.6 is 0 Å². The largest absolute Gasteiger partial charge is 0.465 e. The van der Waals surface area contributed by atoms with E-state index in [1.807, 2.05) is 0 Å². The van der Waals surface area contributed by atoms with Gasteiger partial charge in [0.2, 0.25) is 0 Å². The number of nitrogens with one attached hydrogen (secondary N) is 2. The van der Waals surface area contributed by atoms with E-state index in [1.165, 1.54) is 6.20 Å². The number of H-pyrrole nitrogens is 2. The summed E-state index contributed by atoms with van der Waals surface area (Å²) in [6.45, 7) is 3.53. The van der Waals surface area contributed by atoms with Crippen LogP contribution in [0, 0.1) is 0 Å². The van der Waals surface area contributed by atoms with Crippen molar-refractivity contribution in [2.75, 3.05) is 13.2 Å². The number of aromatic amines is 2. The molecule has 7 nitrogen and oxygen atoms in total. The van der Waals surface area contributed by atoms with Gasteiger partial charge in [-0.05, 0) is 13.8 Å². The molecule has 2 N–H and O–H groups in total. The maximum Gasteiger partial charge on any atom is 0.326 e. The number of rotatable bonds is 5. The van der Waals surface area contributed by atoms with Crippen molar-refractivity contribution in [3.8, 4) is 0 Å². The number of imidazole rings is 1. The number of hydrogen-bond donors (Lipinski definition) is 2. The fourth-order valence-electron chi connectivity index (χ4n) is 1.30. The maximum absolute atomic E-state index is 11.6. The van der Waals surface area contributed by atoms with Crippen LogP contribution in [0.25, 0.3) is 0 Å². The molecule has 1 aromatic rings. The molecule has 0 aliphatic carbocycles. The highest BCUT2D eigenvalue weighted by atomic mass is 16.6. The third-order valence-electron chi connectivity index (χ3n) is 1.97. The van der Waals surface area contributed by atoms with Gasteiger partial charge in [0, 0.05) is 6.20 Å². The van der Waals surface area contributed by atoms with Gasteiger partial charge in [0.25, 0.3) is 0 Å². The summed E-state index contributed by atoms with van der Waals surface area (Å²) in [4.78, 5) is 38.8. The second-order valence-electron chi connectivity index (χ2n) is 3.14. The Morgan fingerprint density at radius 1 is 1.24 bits per heavy atom. The normalized spacial score (nSPS) is 10.3. The van der Waals surface area contributed by atoms with Gasteiger partial charge in [0.15, 0.2) is 5.92 Å². The predicted octanol–water partition coefficient (Wildman–Crippen LogP) is -0.0872. The third kappa shape index (κ3) is 3.20. The summed E-state index contributed by atoms with van der Waals surface area (Å²) < 4.78 is 9.52. The molecule has 17 heavy (non-hydrogen) atoms. The molecule has 0 aliphatic heterocycles. The van der Waals surface area contributed by atoms with Crippen LogP contribution in [0.3, 0.4) is 0 Å². The summed E-state index contributed by atoms with van der Waals surface area (Å²) >= 11 is 0. The number of esters is 2. The summed E-state index contributed by atoms with van der Waals surface area (Å²) in [5.74, 6) is -2.75. The van der Waals surface area contributed by atoms with Gasteiger partial charge in [0.05, 0.1) is 18.9 Å². The Bertz CT molecular complexity index is 430. The lowest BCUT2D eigenvalue weighted by atomic mass is 10.1. The van der Waals surface area contributed by atoms with Gasteiger partial charge in [0.1, 0.15) is 0 Å². The van der Waals surface area contributed by atoms with E-state index in [4.69, 9.17) is 9.47 Å².